The summed E-state index contributed by atoms with van der Waals surface area (Å²) in [5.41, 5.74) is 3.84. The number of hydrogen-bond acceptors (Lipinski definition) is 5. The number of sulfone groups is 1. The molecular weight excluding hydrogens is 352 g/mol. The van der Waals surface area contributed by atoms with Crippen molar-refractivity contribution >= 4 is 20.7 Å². The fraction of sp³-hybridized carbons (Fsp3) is 0.389. The largest absolute Gasteiger partial charge is 0.386 e. The van der Waals surface area contributed by atoms with Gasteiger partial charge in [0.25, 0.3) is 0 Å². The first-order valence-electron chi connectivity index (χ1n) is 8.59. The lowest BCUT2D eigenvalue weighted by molar-refractivity contribution is 0.191. The van der Waals surface area contributed by atoms with Gasteiger partial charge in [-0.15, -0.1) is 0 Å². The molecule has 0 unspecified atom stereocenters. The van der Waals surface area contributed by atoms with Crippen molar-refractivity contribution in [2.75, 3.05) is 18.6 Å². The number of aromatic nitrogens is 3. The van der Waals surface area contributed by atoms with Gasteiger partial charge in [0.15, 0.2) is 0 Å². The van der Waals surface area contributed by atoms with Crippen LogP contribution in [0.1, 0.15) is 23.1 Å². The second kappa shape index (κ2) is 6.53. The van der Waals surface area contributed by atoms with Gasteiger partial charge in [0.1, 0.15) is 15.9 Å². The highest BCUT2D eigenvalue weighted by Crippen LogP contribution is 2.23. The quantitative estimate of drug-likeness (QED) is 0.705. The monoisotopic (exact) mass is 374 g/mol. The van der Waals surface area contributed by atoms with Crippen LogP contribution in [-0.4, -0.2) is 51.7 Å². The van der Waals surface area contributed by atoms with E-state index >= 15 is 0 Å². The molecule has 1 atom stereocenters. The van der Waals surface area contributed by atoms with Gasteiger partial charge in [0, 0.05) is 37.6 Å². The smallest absolute Gasteiger partial charge is 0.150 e. The Morgan fingerprint density at radius 3 is 2.96 bits per heavy atom. The number of nitrogens with zero attached hydrogens (tertiary/aromatic N) is 3. The predicted molar refractivity (Wildman–Crippen MR) is 99.3 cm³/mol. The van der Waals surface area contributed by atoms with Crippen LogP contribution in [0, 0.1) is 0 Å². The average molecular weight is 374 g/mol. The summed E-state index contributed by atoms with van der Waals surface area (Å²) in [6, 6.07) is 10.2. The first kappa shape index (κ1) is 17.3. The van der Waals surface area contributed by atoms with Crippen molar-refractivity contribution in [3.8, 4) is 0 Å². The number of aromatic amines is 1. The summed E-state index contributed by atoms with van der Waals surface area (Å²) in [4.78, 5) is 5.64. The van der Waals surface area contributed by atoms with Crippen LogP contribution in [0.3, 0.4) is 0 Å². The van der Waals surface area contributed by atoms with Gasteiger partial charge < -0.3 is 10.1 Å². The minimum Gasteiger partial charge on any atom is -0.386 e. The molecule has 7 nitrogen and oxygen atoms in total. The number of nitrogens with one attached hydrogen (secondary N) is 1. The number of hydrogen-bond donors (Lipinski definition) is 2. The summed E-state index contributed by atoms with van der Waals surface area (Å²) in [6.45, 7) is 3.12. The van der Waals surface area contributed by atoms with Crippen molar-refractivity contribution in [3.63, 3.8) is 0 Å². The van der Waals surface area contributed by atoms with E-state index in [1.54, 1.807) is 0 Å². The van der Waals surface area contributed by atoms with Crippen LogP contribution >= 0.6 is 0 Å². The Kier molecular flexibility index (Phi) is 4.34. The number of fused-ring (bicyclic) bond motifs is 2. The number of benzene rings is 1. The summed E-state index contributed by atoms with van der Waals surface area (Å²) in [7, 11) is -3.25. The van der Waals surface area contributed by atoms with Gasteiger partial charge in [0.2, 0.25) is 0 Å². The lowest BCUT2D eigenvalue weighted by Gasteiger charge is -2.27. The minimum atomic E-state index is -3.25. The van der Waals surface area contributed by atoms with E-state index < -0.39 is 15.9 Å². The van der Waals surface area contributed by atoms with Gasteiger partial charge in [-0.3, -0.25) is 9.58 Å². The molecule has 0 bridgehead atoms. The highest BCUT2D eigenvalue weighted by Gasteiger charge is 2.23. The molecule has 2 N–H and O–H groups in total. The van der Waals surface area contributed by atoms with Crippen molar-refractivity contribution in [1.82, 2.24) is 19.7 Å². The lowest BCUT2D eigenvalue weighted by atomic mass is 10.1. The third kappa shape index (κ3) is 3.53. The van der Waals surface area contributed by atoms with Gasteiger partial charge in [-0.25, -0.2) is 8.42 Å². The van der Waals surface area contributed by atoms with Crippen LogP contribution in [0.15, 0.2) is 36.5 Å². The van der Waals surface area contributed by atoms with Crippen LogP contribution in [0.5, 0.6) is 0 Å². The molecular formula is C18H22N4O3S. The zero-order chi connectivity index (χ0) is 18.3. The fourth-order valence-corrected chi connectivity index (χ4v) is 4.28. The SMILES string of the molecule is CS(=O)(=O)C[C@@H](O)c1cc2n(n1)CCN(Cc1cccc3cc[nH]c13)C2. The lowest BCUT2D eigenvalue weighted by Crippen LogP contribution is -2.33. The van der Waals surface area contributed by atoms with Crippen molar-refractivity contribution in [3.05, 3.63) is 53.5 Å². The van der Waals surface area contributed by atoms with Crippen LogP contribution in [0.2, 0.25) is 0 Å². The molecule has 3 aromatic rings. The second-order valence-electron chi connectivity index (χ2n) is 6.96. The summed E-state index contributed by atoms with van der Waals surface area (Å²) < 4.78 is 24.7. The van der Waals surface area contributed by atoms with Crippen molar-refractivity contribution in [1.29, 1.82) is 0 Å². The maximum atomic E-state index is 11.4. The zero-order valence-electron chi connectivity index (χ0n) is 14.6. The molecule has 2 aromatic heterocycles. The number of H-pyrrole nitrogens is 1. The molecule has 0 saturated carbocycles. The van der Waals surface area contributed by atoms with E-state index in [2.05, 4.69) is 39.2 Å². The molecule has 0 amide bonds. The molecule has 3 heterocycles. The van der Waals surface area contributed by atoms with Gasteiger partial charge in [0.05, 0.1) is 23.7 Å². The Balaban J connectivity index is 1.50. The minimum absolute atomic E-state index is 0.304. The molecule has 0 fully saturated rings. The molecule has 1 aliphatic rings. The number of aliphatic hydroxyl groups is 1. The first-order valence-corrected chi connectivity index (χ1v) is 10.6. The first-order chi connectivity index (χ1) is 12.4. The molecule has 0 saturated heterocycles. The molecule has 26 heavy (non-hydrogen) atoms. The van der Waals surface area contributed by atoms with E-state index in [0.717, 1.165) is 43.6 Å². The van der Waals surface area contributed by atoms with Gasteiger partial charge >= 0.3 is 0 Å². The van der Waals surface area contributed by atoms with Crippen molar-refractivity contribution in [2.45, 2.75) is 25.7 Å². The summed E-state index contributed by atoms with van der Waals surface area (Å²) >= 11 is 0. The Morgan fingerprint density at radius 1 is 1.31 bits per heavy atom. The molecule has 1 aliphatic heterocycles. The molecule has 138 valence electrons. The van der Waals surface area contributed by atoms with Crippen molar-refractivity contribution in [2.24, 2.45) is 0 Å². The summed E-state index contributed by atoms with van der Waals surface area (Å²) in [5.74, 6) is -0.304. The Labute approximate surface area is 152 Å². The van der Waals surface area contributed by atoms with E-state index in [9.17, 15) is 13.5 Å². The van der Waals surface area contributed by atoms with Gasteiger partial charge in [-0.2, -0.15) is 5.10 Å². The maximum absolute atomic E-state index is 11.4. The molecule has 1 aromatic carbocycles. The number of para-hydroxylation sites is 1. The Morgan fingerprint density at radius 2 is 2.15 bits per heavy atom. The molecule has 4 rings (SSSR count). The summed E-state index contributed by atoms with van der Waals surface area (Å²) in [6.07, 6.45) is 1.99. The number of aliphatic hydroxyl groups excluding tert-OH is 1. The summed E-state index contributed by atoms with van der Waals surface area (Å²) in [5, 5.41) is 15.7. The maximum Gasteiger partial charge on any atom is 0.150 e. The van der Waals surface area contributed by atoms with Crippen LogP contribution < -0.4 is 0 Å². The van der Waals surface area contributed by atoms with E-state index in [1.807, 2.05) is 16.9 Å². The average Bonchev–Trinajstić information content (AvgIpc) is 3.19. The van der Waals surface area contributed by atoms with Crippen LogP contribution in [0.25, 0.3) is 10.9 Å². The molecule has 8 heteroatoms. The molecule has 0 radical (unpaired) electrons. The number of rotatable bonds is 5. The highest BCUT2D eigenvalue weighted by molar-refractivity contribution is 7.90. The fourth-order valence-electron chi connectivity index (χ4n) is 3.54. The third-order valence-electron chi connectivity index (χ3n) is 4.77. The molecule has 0 aliphatic carbocycles. The van der Waals surface area contributed by atoms with Crippen molar-refractivity contribution < 1.29 is 13.5 Å². The van der Waals surface area contributed by atoms with Crippen LogP contribution in [-0.2, 0) is 29.5 Å². The zero-order valence-corrected chi connectivity index (χ0v) is 15.4. The van der Waals surface area contributed by atoms with E-state index in [-0.39, 0.29) is 5.75 Å². The van der Waals surface area contributed by atoms with Gasteiger partial charge in [-0.05, 0) is 23.1 Å². The third-order valence-corrected chi connectivity index (χ3v) is 5.69. The second-order valence-corrected chi connectivity index (χ2v) is 9.15. The molecule has 0 spiro atoms. The van der Waals surface area contributed by atoms with E-state index in [4.69, 9.17) is 0 Å². The van der Waals surface area contributed by atoms with E-state index in [1.165, 1.54) is 10.9 Å². The Bertz CT molecular complexity index is 1040. The van der Waals surface area contributed by atoms with Gasteiger partial charge in [-0.1, -0.05) is 18.2 Å². The standard InChI is InChI=1S/C18H22N4O3S/c1-26(24,25)12-17(23)16-9-15-11-21(7-8-22(15)20-16)10-14-4-2-3-13-5-6-19-18(13)14/h2-6,9,17,19,23H,7-8,10-12H2,1H3/t17-/m1/s1. The Hall–Kier alpha value is -2.16. The van der Waals surface area contributed by atoms with Crippen LogP contribution in [0.4, 0.5) is 0 Å². The highest BCUT2D eigenvalue weighted by atomic mass is 32.2. The predicted octanol–water partition coefficient (Wildman–Crippen LogP) is 1.46. The normalized spacial score (nSPS) is 16.7. The topological polar surface area (TPSA) is 91.2 Å². The van der Waals surface area contributed by atoms with E-state index in [0.29, 0.717) is 5.69 Å².